The van der Waals surface area contributed by atoms with Crippen molar-refractivity contribution in [3.63, 3.8) is 0 Å². The predicted octanol–water partition coefficient (Wildman–Crippen LogP) is 2.36. The largest absolute Gasteiger partial charge is 0.323 e. The number of rotatable bonds is 5. The summed E-state index contributed by atoms with van der Waals surface area (Å²) in [4.78, 5) is 0. The number of aromatic nitrogens is 2. The molecule has 3 nitrogen and oxygen atoms in total. The fraction of sp³-hybridized carbons (Fsp3) is 0.778. The zero-order valence-corrected chi connectivity index (χ0v) is 9.05. The molecule has 0 aliphatic rings. The molecule has 1 rings (SSSR count). The lowest BCUT2D eigenvalue weighted by Crippen LogP contribution is -2.14. The van der Waals surface area contributed by atoms with E-state index in [2.05, 4.69) is 22.6 Å². The third-order valence-corrected chi connectivity index (χ3v) is 2.69. The van der Waals surface area contributed by atoms with Gasteiger partial charge in [0.25, 0.3) is 0 Å². The monoisotopic (exact) mass is 199 g/mol. The molecular formula is C9H17N3S. The number of hydrogen-bond acceptors (Lipinski definition) is 4. The van der Waals surface area contributed by atoms with E-state index in [-0.39, 0.29) is 6.04 Å². The highest BCUT2D eigenvalue weighted by atomic mass is 32.1. The van der Waals surface area contributed by atoms with Crippen molar-refractivity contribution >= 4 is 11.7 Å². The fourth-order valence-electron chi connectivity index (χ4n) is 1.50. The molecule has 2 N–H and O–H groups in total. The maximum Gasteiger partial charge on any atom is 0.0910 e. The van der Waals surface area contributed by atoms with Crippen molar-refractivity contribution in [1.29, 1.82) is 0 Å². The summed E-state index contributed by atoms with van der Waals surface area (Å²) < 4.78 is 8.08. The van der Waals surface area contributed by atoms with Gasteiger partial charge in [-0.3, -0.25) is 0 Å². The summed E-state index contributed by atoms with van der Waals surface area (Å²) in [5.74, 6) is 0.682. The molecule has 1 aromatic rings. The van der Waals surface area contributed by atoms with Crippen molar-refractivity contribution in [1.82, 2.24) is 8.75 Å². The van der Waals surface area contributed by atoms with Crippen molar-refractivity contribution in [2.75, 3.05) is 0 Å². The van der Waals surface area contributed by atoms with Gasteiger partial charge in [0.2, 0.25) is 0 Å². The second kappa shape index (κ2) is 5.29. The Morgan fingerprint density at radius 1 is 1.62 bits per heavy atom. The molecule has 1 heterocycles. The lowest BCUT2D eigenvalue weighted by atomic mass is 9.96. The Labute approximate surface area is 83.7 Å². The lowest BCUT2D eigenvalue weighted by molar-refractivity contribution is 0.437. The number of hydrogen-bond donors (Lipinski definition) is 1. The van der Waals surface area contributed by atoms with Crippen molar-refractivity contribution in [2.24, 2.45) is 11.7 Å². The Hall–Kier alpha value is -0.480. The average Bonchev–Trinajstić information content (AvgIpc) is 2.55. The maximum atomic E-state index is 5.97. The number of nitrogens with two attached hydrogens (primary N) is 1. The quantitative estimate of drug-likeness (QED) is 0.792. The molecule has 4 heteroatoms. The van der Waals surface area contributed by atoms with Gasteiger partial charge in [0.1, 0.15) is 0 Å². The first kappa shape index (κ1) is 10.6. The minimum absolute atomic E-state index is 0.0697. The molecular weight excluding hydrogens is 182 g/mol. The molecule has 2 atom stereocenters. The highest BCUT2D eigenvalue weighted by Gasteiger charge is 2.12. The third-order valence-electron chi connectivity index (χ3n) is 2.20. The van der Waals surface area contributed by atoms with Crippen molar-refractivity contribution in [3.8, 4) is 0 Å². The Morgan fingerprint density at radius 3 is 2.92 bits per heavy atom. The summed E-state index contributed by atoms with van der Waals surface area (Å²) in [5, 5.41) is 0. The fourth-order valence-corrected chi connectivity index (χ4v) is 1.98. The Kier molecular flexibility index (Phi) is 4.32. The van der Waals surface area contributed by atoms with Gasteiger partial charge in [-0.25, -0.2) is 0 Å². The Bertz CT molecular complexity index is 223. The molecule has 0 spiro atoms. The van der Waals surface area contributed by atoms with Crippen molar-refractivity contribution in [2.45, 2.75) is 39.2 Å². The summed E-state index contributed by atoms with van der Waals surface area (Å²) in [7, 11) is 0. The molecule has 2 unspecified atom stereocenters. The smallest absolute Gasteiger partial charge is 0.0910 e. The van der Waals surface area contributed by atoms with E-state index in [1.165, 1.54) is 24.6 Å². The molecule has 0 aromatic carbocycles. The first-order valence-corrected chi connectivity index (χ1v) is 5.50. The van der Waals surface area contributed by atoms with E-state index in [4.69, 9.17) is 5.73 Å². The molecule has 0 aliphatic heterocycles. The van der Waals surface area contributed by atoms with Gasteiger partial charge in [0.05, 0.1) is 23.6 Å². The molecule has 13 heavy (non-hydrogen) atoms. The lowest BCUT2D eigenvalue weighted by Gasteiger charge is -2.14. The van der Waals surface area contributed by atoms with Crippen molar-refractivity contribution < 1.29 is 0 Å². The van der Waals surface area contributed by atoms with Crippen molar-refractivity contribution in [3.05, 3.63) is 11.9 Å². The highest BCUT2D eigenvalue weighted by molar-refractivity contribution is 6.99. The first-order chi connectivity index (χ1) is 6.24. The maximum absolute atomic E-state index is 5.97. The standard InChI is InChI=1S/C9H17N3S/c1-3-4-7(2)5-8(10)9-6-11-13-12-9/h6-8H,3-5,10H2,1-2H3. The Morgan fingerprint density at radius 2 is 2.38 bits per heavy atom. The van der Waals surface area contributed by atoms with Crippen LogP contribution in [0.25, 0.3) is 0 Å². The van der Waals surface area contributed by atoms with E-state index >= 15 is 0 Å². The van der Waals surface area contributed by atoms with E-state index in [0.29, 0.717) is 5.92 Å². The zero-order chi connectivity index (χ0) is 9.68. The van der Waals surface area contributed by atoms with E-state index in [1.807, 2.05) is 0 Å². The molecule has 0 bridgehead atoms. The zero-order valence-electron chi connectivity index (χ0n) is 8.23. The van der Waals surface area contributed by atoms with Crippen LogP contribution in [0.5, 0.6) is 0 Å². The van der Waals surface area contributed by atoms with Crippen LogP contribution in [-0.4, -0.2) is 8.75 Å². The summed E-state index contributed by atoms with van der Waals surface area (Å²) in [6.07, 6.45) is 5.25. The Balaban J connectivity index is 2.37. The predicted molar refractivity (Wildman–Crippen MR) is 55.5 cm³/mol. The van der Waals surface area contributed by atoms with Crippen LogP contribution in [-0.2, 0) is 0 Å². The average molecular weight is 199 g/mol. The molecule has 0 saturated heterocycles. The van der Waals surface area contributed by atoms with E-state index in [9.17, 15) is 0 Å². The number of nitrogens with zero attached hydrogens (tertiary/aromatic N) is 2. The van der Waals surface area contributed by atoms with Gasteiger partial charge < -0.3 is 5.73 Å². The van der Waals surface area contributed by atoms with Gasteiger partial charge >= 0.3 is 0 Å². The summed E-state index contributed by atoms with van der Waals surface area (Å²) in [6, 6.07) is 0.0697. The van der Waals surface area contributed by atoms with Gasteiger partial charge in [-0.2, -0.15) is 8.75 Å². The topological polar surface area (TPSA) is 51.8 Å². The van der Waals surface area contributed by atoms with Gasteiger partial charge in [-0.15, -0.1) is 0 Å². The summed E-state index contributed by atoms with van der Waals surface area (Å²) >= 11 is 1.23. The molecule has 0 fully saturated rings. The van der Waals surface area contributed by atoms with Crippen LogP contribution >= 0.6 is 11.7 Å². The second-order valence-electron chi connectivity index (χ2n) is 3.57. The van der Waals surface area contributed by atoms with Crippen LogP contribution in [0.2, 0.25) is 0 Å². The van der Waals surface area contributed by atoms with E-state index < -0.39 is 0 Å². The van der Waals surface area contributed by atoms with Crippen LogP contribution in [0.4, 0.5) is 0 Å². The molecule has 0 amide bonds. The summed E-state index contributed by atoms with van der Waals surface area (Å²) in [6.45, 7) is 4.44. The van der Waals surface area contributed by atoms with Crippen LogP contribution in [0.3, 0.4) is 0 Å². The molecule has 74 valence electrons. The van der Waals surface area contributed by atoms with Crippen LogP contribution in [0.15, 0.2) is 6.20 Å². The molecule has 0 aliphatic carbocycles. The van der Waals surface area contributed by atoms with Crippen LogP contribution < -0.4 is 5.73 Å². The van der Waals surface area contributed by atoms with Gasteiger partial charge in [0.15, 0.2) is 0 Å². The molecule has 0 saturated carbocycles. The van der Waals surface area contributed by atoms with Crippen LogP contribution in [0, 0.1) is 5.92 Å². The molecule has 0 radical (unpaired) electrons. The van der Waals surface area contributed by atoms with Gasteiger partial charge in [0, 0.05) is 6.04 Å². The first-order valence-electron chi connectivity index (χ1n) is 4.77. The summed E-state index contributed by atoms with van der Waals surface area (Å²) in [5.41, 5.74) is 6.91. The molecule has 1 aromatic heterocycles. The minimum atomic E-state index is 0.0697. The minimum Gasteiger partial charge on any atom is -0.323 e. The SMILES string of the molecule is CCCC(C)CC(N)c1cnsn1. The second-order valence-corrected chi connectivity index (χ2v) is 4.13. The van der Waals surface area contributed by atoms with Gasteiger partial charge in [-0.1, -0.05) is 26.7 Å². The normalized spacial score (nSPS) is 15.6. The van der Waals surface area contributed by atoms with Crippen LogP contribution in [0.1, 0.15) is 44.8 Å². The highest BCUT2D eigenvalue weighted by Crippen LogP contribution is 2.20. The van der Waals surface area contributed by atoms with E-state index in [1.54, 1.807) is 6.20 Å². The third kappa shape index (κ3) is 3.40. The van der Waals surface area contributed by atoms with Gasteiger partial charge in [-0.05, 0) is 12.3 Å². The van der Waals surface area contributed by atoms with E-state index in [0.717, 1.165) is 12.1 Å².